The van der Waals surface area contributed by atoms with Crippen LogP contribution in [-0.2, 0) is 13.0 Å². The molecule has 1 aromatic heterocycles. The molecule has 1 saturated carbocycles. The minimum atomic E-state index is 0.175. The largest absolute Gasteiger partial charge is 0.327 e. The van der Waals surface area contributed by atoms with Crippen molar-refractivity contribution in [3.05, 3.63) is 12.2 Å². The molecule has 0 spiro atoms. The van der Waals surface area contributed by atoms with E-state index in [-0.39, 0.29) is 6.04 Å². The Labute approximate surface area is 104 Å². The quantitative estimate of drug-likeness (QED) is 0.868. The molecular weight excluding hydrogens is 212 g/mol. The molecule has 4 nitrogen and oxygen atoms in total. The molecule has 2 rings (SSSR count). The molecule has 0 saturated heterocycles. The average molecular weight is 236 g/mol. The third kappa shape index (κ3) is 1.79. The number of hydrogen-bond donors (Lipinski definition) is 1. The van der Waals surface area contributed by atoms with Crippen molar-refractivity contribution in [1.29, 1.82) is 0 Å². The zero-order valence-electron chi connectivity index (χ0n) is 11.6. The van der Waals surface area contributed by atoms with Gasteiger partial charge < -0.3 is 5.73 Å². The topological polar surface area (TPSA) is 56.7 Å². The van der Waals surface area contributed by atoms with Gasteiger partial charge >= 0.3 is 0 Å². The van der Waals surface area contributed by atoms with Crippen LogP contribution in [0.25, 0.3) is 0 Å². The summed E-state index contributed by atoms with van der Waals surface area (Å²) in [6.07, 6.45) is 2.44. The van der Waals surface area contributed by atoms with E-state index in [0.717, 1.165) is 18.8 Å². The number of hydrogen-bond acceptors (Lipinski definition) is 3. The Bertz CT molecular complexity index is 391. The number of nitrogens with zero attached hydrogens (tertiary/aromatic N) is 3. The van der Waals surface area contributed by atoms with Gasteiger partial charge in [0.1, 0.15) is 12.2 Å². The summed E-state index contributed by atoms with van der Waals surface area (Å²) in [5.74, 6) is 1.58. The number of rotatable bonds is 4. The summed E-state index contributed by atoms with van der Waals surface area (Å²) in [7, 11) is 0. The van der Waals surface area contributed by atoms with E-state index < -0.39 is 0 Å². The maximum atomic E-state index is 6.36. The van der Waals surface area contributed by atoms with Gasteiger partial charge in [0.15, 0.2) is 0 Å². The lowest BCUT2D eigenvalue weighted by Crippen LogP contribution is -2.30. The molecule has 1 aromatic rings. The van der Waals surface area contributed by atoms with Crippen LogP contribution in [0.1, 0.15) is 40.4 Å². The van der Waals surface area contributed by atoms with Crippen molar-refractivity contribution in [2.45, 2.75) is 53.6 Å². The Morgan fingerprint density at radius 3 is 2.41 bits per heavy atom. The van der Waals surface area contributed by atoms with Crippen LogP contribution >= 0.6 is 0 Å². The van der Waals surface area contributed by atoms with Gasteiger partial charge in [0.25, 0.3) is 0 Å². The molecule has 2 N–H and O–H groups in total. The SMILES string of the molecule is CCn1ncnc1CC(N)C1C(C)(C)C1(C)C. The van der Waals surface area contributed by atoms with Crippen LogP contribution in [0.2, 0.25) is 0 Å². The molecule has 1 fully saturated rings. The average Bonchev–Trinajstić information content (AvgIpc) is 2.57. The molecule has 1 heterocycles. The number of nitrogens with two attached hydrogens (primary N) is 1. The Kier molecular flexibility index (Phi) is 2.81. The first-order chi connectivity index (χ1) is 7.82. The Morgan fingerprint density at radius 1 is 1.35 bits per heavy atom. The molecule has 0 aliphatic heterocycles. The van der Waals surface area contributed by atoms with E-state index in [1.165, 1.54) is 0 Å². The lowest BCUT2D eigenvalue weighted by atomic mass is 10.0. The minimum Gasteiger partial charge on any atom is -0.327 e. The highest BCUT2D eigenvalue weighted by molar-refractivity contribution is 5.16. The summed E-state index contributed by atoms with van der Waals surface area (Å²) in [5.41, 5.74) is 7.04. The highest BCUT2D eigenvalue weighted by Gasteiger charge is 2.66. The van der Waals surface area contributed by atoms with E-state index in [2.05, 4.69) is 44.7 Å². The maximum absolute atomic E-state index is 6.36. The third-order valence-electron chi connectivity index (χ3n) is 4.97. The summed E-state index contributed by atoms with van der Waals surface area (Å²) in [4.78, 5) is 4.30. The first kappa shape index (κ1) is 12.6. The van der Waals surface area contributed by atoms with Crippen LogP contribution in [0, 0.1) is 16.7 Å². The first-order valence-corrected chi connectivity index (χ1v) is 6.44. The second-order valence-corrected chi connectivity index (χ2v) is 6.28. The van der Waals surface area contributed by atoms with Gasteiger partial charge in [-0.05, 0) is 23.7 Å². The van der Waals surface area contributed by atoms with Crippen molar-refractivity contribution in [2.75, 3.05) is 0 Å². The van der Waals surface area contributed by atoms with Gasteiger partial charge in [-0.25, -0.2) is 4.98 Å². The monoisotopic (exact) mass is 236 g/mol. The van der Waals surface area contributed by atoms with Gasteiger partial charge in [-0.1, -0.05) is 27.7 Å². The summed E-state index contributed by atoms with van der Waals surface area (Å²) in [5, 5.41) is 4.19. The fourth-order valence-corrected chi connectivity index (χ4v) is 3.36. The first-order valence-electron chi connectivity index (χ1n) is 6.44. The highest BCUT2D eigenvalue weighted by Crippen LogP contribution is 2.69. The molecule has 17 heavy (non-hydrogen) atoms. The Hall–Kier alpha value is -0.900. The van der Waals surface area contributed by atoms with E-state index in [1.54, 1.807) is 6.33 Å². The Balaban J connectivity index is 2.07. The number of aryl methyl sites for hydroxylation is 1. The highest BCUT2D eigenvalue weighted by atomic mass is 15.3. The molecule has 1 aliphatic rings. The van der Waals surface area contributed by atoms with Gasteiger partial charge in [-0.3, -0.25) is 4.68 Å². The van der Waals surface area contributed by atoms with Crippen molar-refractivity contribution >= 4 is 0 Å². The van der Waals surface area contributed by atoms with Gasteiger partial charge in [-0.15, -0.1) is 0 Å². The normalized spacial score (nSPS) is 23.6. The maximum Gasteiger partial charge on any atom is 0.138 e. The predicted octanol–water partition coefficient (Wildman–Crippen LogP) is 1.85. The van der Waals surface area contributed by atoms with Crippen molar-refractivity contribution in [3.8, 4) is 0 Å². The zero-order chi connectivity index (χ0) is 12.8. The van der Waals surface area contributed by atoms with Gasteiger partial charge in [0.05, 0.1) is 0 Å². The molecule has 1 atom stereocenters. The van der Waals surface area contributed by atoms with Crippen LogP contribution in [0.15, 0.2) is 6.33 Å². The van der Waals surface area contributed by atoms with Crippen LogP contribution in [0.4, 0.5) is 0 Å². The lowest BCUT2D eigenvalue weighted by Gasteiger charge is -2.13. The molecule has 4 heteroatoms. The Morgan fingerprint density at radius 2 is 1.94 bits per heavy atom. The fraction of sp³-hybridized carbons (Fsp3) is 0.846. The molecule has 0 aromatic carbocycles. The van der Waals surface area contributed by atoms with E-state index >= 15 is 0 Å². The predicted molar refractivity (Wildman–Crippen MR) is 68.4 cm³/mol. The van der Waals surface area contributed by atoms with Crippen LogP contribution in [-0.4, -0.2) is 20.8 Å². The van der Waals surface area contributed by atoms with Crippen LogP contribution < -0.4 is 5.73 Å². The molecule has 1 aliphatic carbocycles. The summed E-state index contributed by atoms with van der Waals surface area (Å²) >= 11 is 0. The van der Waals surface area contributed by atoms with Gasteiger partial charge in [0, 0.05) is 19.0 Å². The summed E-state index contributed by atoms with van der Waals surface area (Å²) in [6, 6.07) is 0.175. The van der Waals surface area contributed by atoms with E-state index in [4.69, 9.17) is 5.73 Å². The van der Waals surface area contributed by atoms with E-state index in [0.29, 0.717) is 16.7 Å². The molecule has 0 bridgehead atoms. The second kappa shape index (κ2) is 3.80. The molecule has 1 unspecified atom stereocenters. The van der Waals surface area contributed by atoms with Crippen molar-refractivity contribution in [2.24, 2.45) is 22.5 Å². The van der Waals surface area contributed by atoms with E-state index in [9.17, 15) is 0 Å². The molecular formula is C13H24N4. The van der Waals surface area contributed by atoms with Crippen LogP contribution in [0.3, 0.4) is 0 Å². The van der Waals surface area contributed by atoms with Crippen LogP contribution in [0.5, 0.6) is 0 Å². The van der Waals surface area contributed by atoms with Crippen molar-refractivity contribution < 1.29 is 0 Å². The summed E-state index contributed by atoms with van der Waals surface area (Å²) < 4.78 is 1.93. The summed E-state index contributed by atoms with van der Waals surface area (Å²) in [6.45, 7) is 12.2. The smallest absolute Gasteiger partial charge is 0.138 e. The number of aromatic nitrogens is 3. The second-order valence-electron chi connectivity index (χ2n) is 6.28. The lowest BCUT2D eigenvalue weighted by molar-refractivity contribution is 0.457. The molecule has 0 radical (unpaired) electrons. The molecule has 0 amide bonds. The van der Waals surface area contributed by atoms with Gasteiger partial charge in [-0.2, -0.15) is 5.10 Å². The third-order valence-corrected chi connectivity index (χ3v) is 4.97. The zero-order valence-corrected chi connectivity index (χ0v) is 11.6. The fourth-order valence-electron chi connectivity index (χ4n) is 3.36. The van der Waals surface area contributed by atoms with Gasteiger partial charge in [0.2, 0.25) is 0 Å². The van der Waals surface area contributed by atoms with Crippen molar-refractivity contribution in [1.82, 2.24) is 14.8 Å². The standard InChI is InChI=1S/C13H24N4/c1-6-17-10(15-8-16-17)7-9(14)11-12(2,3)13(11,4)5/h8-9,11H,6-7,14H2,1-5H3. The van der Waals surface area contributed by atoms with Crippen molar-refractivity contribution in [3.63, 3.8) is 0 Å². The minimum absolute atomic E-state index is 0.175. The van der Waals surface area contributed by atoms with E-state index in [1.807, 2.05) is 4.68 Å². The molecule has 96 valence electrons.